The number of anilines is 1. The number of nitrogens with one attached hydrogen (secondary N) is 1. The third-order valence-corrected chi connectivity index (χ3v) is 4.96. The van der Waals surface area contributed by atoms with Crippen LogP contribution in [0.15, 0.2) is 29.2 Å². The predicted molar refractivity (Wildman–Crippen MR) is 87.0 cm³/mol. The maximum Gasteiger partial charge on any atom is 0.321 e. The first kappa shape index (κ1) is 16.0. The van der Waals surface area contributed by atoms with E-state index in [4.69, 9.17) is 0 Å². The topological polar surface area (TPSA) is 49.4 Å². The van der Waals surface area contributed by atoms with Gasteiger partial charge < -0.3 is 10.2 Å². The van der Waals surface area contributed by atoms with Crippen LogP contribution in [0.25, 0.3) is 0 Å². The maximum absolute atomic E-state index is 12.4. The number of hydrogen-bond acceptors (Lipinski definition) is 2. The molecule has 1 heterocycles. The molecule has 1 aromatic rings. The smallest absolute Gasteiger partial charge is 0.321 e. The second-order valence-electron chi connectivity index (χ2n) is 6.42. The zero-order valence-electron chi connectivity index (χ0n) is 13.0. The predicted octanol–water partition coefficient (Wildman–Crippen LogP) is 3.47. The first-order valence-electron chi connectivity index (χ1n) is 7.37. The zero-order valence-corrected chi connectivity index (χ0v) is 13.8. The Morgan fingerprint density at radius 2 is 2.05 bits per heavy atom. The molecular formula is C16H24N2O2S. The molecule has 0 saturated carbocycles. The lowest BCUT2D eigenvalue weighted by atomic mass is 9.85. The van der Waals surface area contributed by atoms with Gasteiger partial charge in [0.15, 0.2) is 0 Å². The van der Waals surface area contributed by atoms with Gasteiger partial charge >= 0.3 is 6.03 Å². The molecule has 0 bridgehead atoms. The van der Waals surface area contributed by atoms with Gasteiger partial charge in [0.05, 0.1) is 0 Å². The number of hydrogen-bond donors (Lipinski definition) is 1. The number of urea groups is 1. The molecule has 2 amide bonds. The Bertz CT molecular complexity index is 543. The van der Waals surface area contributed by atoms with E-state index in [1.165, 1.54) is 0 Å². The van der Waals surface area contributed by atoms with E-state index in [0.717, 1.165) is 37.2 Å². The molecule has 4 nitrogen and oxygen atoms in total. The van der Waals surface area contributed by atoms with Crippen molar-refractivity contribution in [2.24, 2.45) is 5.41 Å². The summed E-state index contributed by atoms with van der Waals surface area (Å²) in [4.78, 5) is 15.0. The van der Waals surface area contributed by atoms with Gasteiger partial charge in [-0.3, -0.25) is 4.21 Å². The van der Waals surface area contributed by atoms with Gasteiger partial charge in [0.1, 0.15) is 0 Å². The molecule has 0 radical (unpaired) electrons. The molecule has 1 aliphatic heterocycles. The quantitative estimate of drug-likeness (QED) is 0.909. The van der Waals surface area contributed by atoms with Crippen molar-refractivity contribution in [3.05, 3.63) is 24.3 Å². The Hall–Kier alpha value is -1.36. The Kier molecular flexibility index (Phi) is 5.04. The van der Waals surface area contributed by atoms with Crippen molar-refractivity contribution >= 4 is 22.5 Å². The highest BCUT2D eigenvalue weighted by Gasteiger charge is 2.25. The Labute approximate surface area is 129 Å². The second kappa shape index (κ2) is 6.60. The molecule has 1 N–H and O–H groups in total. The number of benzene rings is 1. The molecule has 21 heavy (non-hydrogen) atoms. The number of carbonyl (C=O) groups excluding carboxylic acids is 1. The molecule has 1 atom stereocenters. The molecule has 2 rings (SSSR count). The van der Waals surface area contributed by atoms with Crippen LogP contribution in [0, 0.1) is 5.41 Å². The summed E-state index contributed by atoms with van der Waals surface area (Å²) < 4.78 is 11.5. The highest BCUT2D eigenvalue weighted by atomic mass is 32.2. The lowest BCUT2D eigenvalue weighted by Crippen LogP contribution is -2.36. The molecule has 1 fully saturated rings. The number of nitrogens with zero attached hydrogens (tertiary/aromatic N) is 1. The molecule has 0 spiro atoms. The van der Waals surface area contributed by atoms with Crippen LogP contribution in [0.4, 0.5) is 10.5 Å². The van der Waals surface area contributed by atoms with E-state index < -0.39 is 10.8 Å². The standard InChI is InChI=1S/C16H24N2O2S/c1-16(2)8-5-10-18(11-9-16)15(19)17-13-6-4-7-14(12-13)21(3)20/h4,6-7,12H,5,8-11H2,1-3H3,(H,17,19). The normalized spacial score (nSPS) is 19.7. The van der Waals surface area contributed by atoms with Crippen LogP contribution in [0.5, 0.6) is 0 Å². The molecule has 116 valence electrons. The molecule has 5 heteroatoms. The Morgan fingerprint density at radius 1 is 1.29 bits per heavy atom. The van der Waals surface area contributed by atoms with Crippen LogP contribution in [-0.2, 0) is 10.8 Å². The average Bonchev–Trinajstić information content (AvgIpc) is 2.60. The van der Waals surface area contributed by atoms with E-state index >= 15 is 0 Å². The summed E-state index contributed by atoms with van der Waals surface area (Å²) in [6, 6.07) is 7.16. The number of likely N-dealkylation sites (tertiary alicyclic amines) is 1. The monoisotopic (exact) mass is 308 g/mol. The van der Waals surface area contributed by atoms with Gasteiger partial charge in [-0.1, -0.05) is 19.9 Å². The molecule has 1 aromatic carbocycles. The van der Waals surface area contributed by atoms with E-state index in [-0.39, 0.29) is 6.03 Å². The van der Waals surface area contributed by atoms with E-state index in [0.29, 0.717) is 11.1 Å². The van der Waals surface area contributed by atoms with Gasteiger partial charge in [-0.05, 0) is 42.9 Å². The fourth-order valence-electron chi connectivity index (χ4n) is 2.58. The lowest BCUT2D eigenvalue weighted by Gasteiger charge is -2.23. The summed E-state index contributed by atoms with van der Waals surface area (Å²) >= 11 is 0. The fourth-order valence-corrected chi connectivity index (χ4v) is 3.14. The van der Waals surface area contributed by atoms with Crippen molar-refractivity contribution in [3.8, 4) is 0 Å². The number of carbonyl (C=O) groups is 1. The van der Waals surface area contributed by atoms with E-state index in [1.54, 1.807) is 18.4 Å². The van der Waals surface area contributed by atoms with Gasteiger partial charge in [-0.2, -0.15) is 0 Å². The van der Waals surface area contributed by atoms with Crippen LogP contribution in [0.1, 0.15) is 33.1 Å². The second-order valence-corrected chi connectivity index (χ2v) is 7.80. The summed E-state index contributed by atoms with van der Waals surface area (Å²) in [6.07, 6.45) is 4.86. The summed E-state index contributed by atoms with van der Waals surface area (Å²) in [7, 11) is -1.04. The Balaban J connectivity index is 2.01. The van der Waals surface area contributed by atoms with E-state index in [2.05, 4.69) is 19.2 Å². The van der Waals surface area contributed by atoms with Crippen LogP contribution >= 0.6 is 0 Å². The number of rotatable bonds is 2. The molecule has 1 aliphatic rings. The molecule has 0 aromatic heterocycles. The van der Waals surface area contributed by atoms with Gasteiger partial charge in [-0.25, -0.2) is 4.79 Å². The third-order valence-electron chi connectivity index (χ3n) is 4.04. The lowest BCUT2D eigenvalue weighted by molar-refractivity contribution is 0.211. The Morgan fingerprint density at radius 3 is 2.76 bits per heavy atom. The summed E-state index contributed by atoms with van der Waals surface area (Å²) in [5.74, 6) is 0. The largest absolute Gasteiger partial charge is 0.325 e. The summed E-state index contributed by atoms with van der Waals surface area (Å²) in [5.41, 5.74) is 1.02. The van der Waals surface area contributed by atoms with Crippen LogP contribution in [-0.4, -0.2) is 34.5 Å². The zero-order chi connectivity index (χ0) is 15.5. The molecule has 0 aliphatic carbocycles. The first-order chi connectivity index (χ1) is 9.87. The number of amides is 2. The SMILES string of the molecule is CS(=O)c1cccc(NC(=O)N2CCCC(C)(C)CC2)c1. The minimum atomic E-state index is -1.04. The summed E-state index contributed by atoms with van der Waals surface area (Å²) in [5, 5.41) is 2.91. The van der Waals surface area contributed by atoms with Gasteiger partial charge in [0.2, 0.25) is 0 Å². The summed E-state index contributed by atoms with van der Waals surface area (Å²) in [6.45, 7) is 6.11. The van der Waals surface area contributed by atoms with Crippen molar-refractivity contribution in [3.63, 3.8) is 0 Å². The third kappa shape index (κ3) is 4.56. The van der Waals surface area contributed by atoms with Crippen molar-refractivity contribution in [1.29, 1.82) is 0 Å². The average molecular weight is 308 g/mol. The van der Waals surface area contributed by atoms with Crippen molar-refractivity contribution in [2.45, 2.75) is 38.0 Å². The van der Waals surface area contributed by atoms with E-state index in [1.807, 2.05) is 17.0 Å². The molecule has 1 unspecified atom stereocenters. The maximum atomic E-state index is 12.4. The molecule has 1 saturated heterocycles. The van der Waals surface area contributed by atoms with Crippen LogP contribution in [0.3, 0.4) is 0 Å². The van der Waals surface area contributed by atoms with Crippen molar-refractivity contribution < 1.29 is 9.00 Å². The highest BCUT2D eigenvalue weighted by Crippen LogP contribution is 2.30. The van der Waals surface area contributed by atoms with Crippen molar-refractivity contribution in [1.82, 2.24) is 4.90 Å². The van der Waals surface area contributed by atoms with Gasteiger partial charge in [0, 0.05) is 40.7 Å². The highest BCUT2D eigenvalue weighted by molar-refractivity contribution is 7.84. The minimum Gasteiger partial charge on any atom is -0.325 e. The first-order valence-corrected chi connectivity index (χ1v) is 8.93. The van der Waals surface area contributed by atoms with Gasteiger partial charge in [0.25, 0.3) is 0 Å². The van der Waals surface area contributed by atoms with Crippen LogP contribution < -0.4 is 5.32 Å². The van der Waals surface area contributed by atoms with Crippen molar-refractivity contribution in [2.75, 3.05) is 24.7 Å². The van der Waals surface area contributed by atoms with E-state index in [9.17, 15) is 9.00 Å². The fraction of sp³-hybridized carbons (Fsp3) is 0.562. The molecular weight excluding hydrogens is 284 g/mol. The minimum absolute atomic E-state index is 0.0632. The van der Waals surface area contributed by atoms with Crippen LogP contribution in [0.2, 0.25) is 0 Å². The van der Waals surface area contributed by atoms with Gasteiger partial charge in [-0.15, -0.1) is 0 Å².